The van der Waals surface area contributed by atoms with Gasteiger partial charge in [-0.15, -0.1) is 0 Å². The molecule has 0 bridgehead atoms. The first-order chi connectivity index (χ1) is 15.5. The standard InChI is InChI=1S/C30H52O2/c1-5-6-7-8-9-10-11-12-13-14-15-16-17-18-19-20-21-22-30(31)32-25-29-23-26(2)28(4)27(3)24-29/h23-24H,5-22,25H2,1-4H3. The van der Waals surface area contributed by atoms with Crippen LogP contribution in [-0.2, 0) is 16.1 Å². The number of carbonyl (C=O) groups excluding carboxylic acids is 1. The van der Waals surface area contributed by atoms with Crippen molar-refractivity contribution >= 4 is 5.97 Å². The number of benzene rings is 1. The third kappa shape index (κ3) is 14.7. The second kappa shape index (κ2) is 19.2. The summed E-state index contributed by atoms with van der Waals surface area (Å²) in [5.74, 6) is -0.0539. The average Bonchev–Trinajstić information content (AvgIpc) is 2.78. The monoisotopic (exact) mass is 444 g/mol. The summed E-state index contributed by atoms with van der Waals surface area (Å²) in [5.41, 5.74) is 4.96. The molecule has 2 heteroatoms. The number of ether oxygens (including phenoxy) is 1. The van der Waals surface area contributed by atoms with Crippen LogP contribution in [-0.4, -0.2) is 5.97 Å². The molecule has 1 aromatic carbocycles. The van der Waals surface area contributed by atoms with E-state index in [4.69, 9.17) is 4.74 Å². The first-order valence-electron chi connectivity index (χ1n) is 13.8. The summed E-state index contributed by atoms with van der Waals surface area (Å²) in [5, 5.41) is 0. The van der Waals surface area contributed by atoms with Gasteiger partial charge in [-0.05, 0) is 49.4 Å². The summed E-state index contributed by atoms with van der Waals surface area (Å²) in [6.07, 6.45) is 23.7. The molecule has 0 heterocycles. The van der Waals surface area contributed by atoms with Gasteiger partial charge in [-0.1, -0.05) is 122 Å². The van der Waals surface area contributed by atoms with E-state index in [0.717, 1.165) is 18.4 Å². The smallest absolute Gasteiger partial charge is 0.306 e. The van der Waals surface area contributed by atoms with E-state index in [1.165, 1.54) is 113 Å². The minimum Gasteiger partial charge on any atom is -0.461 e. The Morgan fingerprint density at radius 1 is 0.625 bits per heavy atom. The molecule has 0 unspecified atom stereocenters. The largest absolute Gasteiger partial charge is 0.461 e. The SMILES string of the molecule is CCCCCCCCCCCCCCCCCCCC(=O)OCc1cc(C)c(C)c(C)c1. The average molecular weight is 445 g/mol. The van der Waals surface area contributed by atoms with E-state index in [9.17, 15) is 4.79 Å². The first-order valence-corrected chi connectivity index (χ1v) is 13.8. The van der Waals surface area contributed by atoms with Crippen molar-refractivity contribution in [2.24, 2.45) is 0 Å². The fraction of sp³-hybridized carbons (Fsp3) is 0.767. The van der Waals surface area contributed by atoms with Crippen LogP contribution >= 0.6 is 0 Å². The van der Waals surface area contributed by atoms with Gasteiger partial charge in [0.1, 0.15) is 6.61 Å². The fourth-order valence-corrected chi connectivity index (χ4v) is 4.44. The Morgan fingerprint density at radius 3 is 1.41 bits per heavy atom. The third-order valence-corrected chi connectivity index (χ3v) is 6.87. The summed E-state index contributed by atoms with van der Waals surface area (Å²) in [4.78, 5) is 12.0. The van der Waals surface area contributed by atoms with Crippen LogP contribution in [0.25, 0.3) is 0 Å². The van der Waals surface area contributed by atoms with Gasteiger partial charge in [-0.25, -0.2) is 0 Å². The topological polar surface area (TPSA) is 26.3 Å². The van der Waals surface area contributed by atoms with E-state index in [1.807, 2.05) is 0 Å². The van der Waals surface area contributed by atoms with Crippen molar-refractivity contribution in [1.82, 2.24) is 0 Å². The van der Waals surface area contributed by atoms with Gasteiger partial charge in [0.25, 0.3) is 0 Å². The number of esters is 1. The molecule has 32 heavy (non-hydrogen) atoms. The molecule has 0 aliphatic rings. The van der Waals surface area contributed by atoms with Crippen LogP contribution in [0.5, 0.6) is 0 Å². The van der Waals surface area contributed by atoms with Crippen LogP contribution in [0.4, 0.5) is 0 Å². The van der Waals surface area contributed by atoms with Crippen molar-refractivity contribution in [2.75, 3.05) is 0 Å². The number of aryl methyl sites for hydroxylation is 2. The van der Waals surface area contributed by atoms with Crippen molar-refractivity contribution in [3.63, 3.8) is 0 Å². The van der Waals surface area contributed by atoms with Gasteiger partial charge in [-0.3, -0.25) is 4.79 Å². The number of hydrogen-bond donors (Lipinski definition) is 0. The molecule has 0 saturated carbocycles. The van der Waals surface area contributed by atoms with Crippen LogP contribution < -0.4 is 0 Å². The maximum absolute atomic E-state index is 12.0. The molecule has 184 valence electrons. The second-order valence-corrected chi connectivity index (χ2v) is 9.92. The van der Waals surface area contributed by atoms with Crippen molar-refractivity contribution in [2.45, 2.75) is 150 Å². The molecule has 1 rings (SSSR count). The lowest BCUT2D eigenvalue weighted by atomic mass is 10.0. The van der Waals surface area contributed by atoms with Gasteiger partial charge in [-0.2, -0.15) is 0 Å². The highest BCUT2D eigenvalue weighted by Crippen LogP contribution is 2.17. The highest BCUT2D eigenvalue weighted by molar-refractivity contribution is 5.69. The lowest BCUT2D eigenvalue weighted by Gasteiger charge is -2.10. The Labute approximate surface area is 199 Å². The highest BCUT2D eigenvalue weighted by atomic mass is 16.5. The van der Waals surface area contributed by atoms with Crippen LogP contribution in [0.15, 0.2) is 12.1 Å². The number of carbonyl (C=O) groups is 1. The second-order valence-electron chi connectivity index (χ2n) is 9.92. The Morgan fingerprint density at radius 2 is 1.00 bits per heavy atom. The maximum Gasteiger partial charge on any atom is 0.306 e. The fourth-order valence-electron chi connectivity index (χ4n) is 4.44. The van der Waals surface area contributed by atoms with Crippen LogP contribution in [0.2, 0.25) is 0 Å². The normalized spacial score (nSPS) is 11.1. The number of rotatable bonds is 20. The predicted octanol–water partition coefficient (Wildman–Crippen LogP) is 9.70. The van der Waals surface area contributed by atoms with Gasteiger partial charge in [0.15, 0.2) is 0 Å². The molecular weight excluding hydrogens is 392 g/mol. The Bertz CT molecular complexity index is 582. The zero-order valence-electron chi connectivity index (χ0n) is 21.9. The summed E-state index contributed by atoms with van der Waals surface area (Å²) >= 11 is 0. The lowest BCUT2D eigenvalue weighted by Crippen LogP contribution is -2.05. The van der Waals surface area contributed by atoms with E-state index in [2.05, 4.69) is 39.8 Å². The number of unbranched alkanes of at least 4 members (excludes halogenated alkanes) is 16. The van der Waals surface area contributed by atoms with Gasteiger partial charge in [0, 0.05) is 6.42 Å². The predicted molar refractivity (Wildman–Crippen MR) is 139 cm³/mol. The van der Waals surface area contributed by atoms with E-state index in [-0.39, 0.29) is 5.97 Å². The highest BCUT2D eigenvalue weighted by Gasteiger charge is 2.06. The summed E-state index contributed by atoms with van der Waals surface area (Å²) in [7, 11) is 0. The van der Waals surface area contributed by atoms with Gasteiger partial charge in [0.05, 0.1) is 0 Å². The van der Waals surface area contributed by atoms with Crippen molar-refractivity contribution < 1.29 is 9.53 Å². The molecule has 0 aliphatic carbocycles. The van der Waals surface area contributed by atoms with Crippen LogP contribution in [0.1, 0.15) is 145 Å². The van der Waals surface area contributed by atoms with Gasteiger partial charge in [0.2, 0.25) is 0 Å². The molecule has 0 aromatic heterocycles. The van der Waals surface area contributed by atoms with Crippen molar-refractivity contribution in [3.8, 4) is 0 Å². The van der Waals surface area contributed by atoms with E-state index in [1.54, 1.807) is 0 Å². The molecule has 0 fully saturated rings. The third-order valence-electron chi connectivity index (χ3n) is 6.87. The van der Waals surface area contributed by atoms with Crippen molar-refractivity contribution in [1.29, 1.82) is 0 Å². The minimum atomic E-state index is -0.0539. The summed E-state index contributed by atoms with van der Waals surface area (Å²) < 4.78 is 5.47. The molecule has 0 aliphatic heterocycles. The molecule has 0 atom stereocenters. The first kappa shape index (κ1) is 28.7. The Kier molecular flexibility index (Phi) is 17.2. The molecule has 0 saturated heterocycles. The van der Waals surface area contributed by atoms with Gasteiger partial charge >= 0.3 is 5.97 Å². The molecule has 0 N–H and O–H groups in total. The lowest BCUT2D eigenvalue weighted by molar-refractivity contribution is -0.145. The summed E-state index contributed by atoms with van der Waals surface area (Å²) in [6, 6.07) is 4.26. The van der Waals surface area contributed by atoms with Crippen LogP contribution in [0.3, 0.4) is 0 Å². The van der Waals surface area contributed by atoms with Crippen molar-refractivity contribution in [3.05, 3.63) is 34.4 Å². The minimum absolute atomic E-state index is 0.0539. The molecule has 1 aromatic rings. The van der Waals surface area contributed by atoms with E-state index in [0.29, 0.717) is 13.0 Å². The molecular formula is C30H52O2. The quantitative estimate of drug-likeness (QED) is 0.148. The Hall–Kier alpha value is -1.31. The molecule has 2 nitrogen and oxygen atoms in total. The van der Waals surface area contributed by atoms with E-state index >= 15 is 0 Å². The zero-order valence-corrected chi connectivity index (χ0v) is 21.9. The van der Waals surface area contributed by atoms with Crippen LogP contribution in [0, 0.1) is 20.8 Å². The van der Waals surface area contributed by atoms with Gasteiger partial charge < -0.3 is 4.74 Å². The summed E-state index contributed by atoms with van der Waals surface area (Å²) in [6.45, 7) is 9.06. The Balaban J connectivity index is 1.85. The molecule has 0 spiro atoms. The van der Waals surface area contributed by atoms with E-state index < -0.39 is 0 Å². The number of hydrogen-bond acceptors (Lipinski definition) is 2. The zero-order chi connectivity index (χ0) is 23.4. The molecule has 0 radical (unpaired) electrons. The maximum atomic E-state index is 12.0. The molecule has 0 amide bonds.